The topological polar surface area (TPSA) is 18.5 Å². The summed E-state index contributed by atoms with van der Waals surface area (Å²) >= 11 is 0. The first-order valence-electron chi connectivity index (χ1n) is 5.99. The molecule has 0 amide bonds. The molecular formula is C12H11F8O2P. The first kappa shape index (κ1) is 20.1. The SMILES string of the molecule is FC(F)C(F)(F)COP(OCC(F)(F)C(F)F)c1ccccc1. The van der Waals surface area contributed by atoms with E-state index >= 15 is 0 Å². The Bertz CT molecular complexity index is 447. The molecular weight excluding hydrogens is 359 g/mol. The Morgan fingerprint density at radius 3 is 1.52 bits per heavy atom. The van der Waals surface area contributed by atoms with Crippen LogP contribution in [0.25, 0.3) is 0 Å². The zero-order valence-electron chi connectivity index (χ0n) is 11.2. The average Bonchev–Trinajstić information content (AvgIpc) is 2.47. The smallest absolute Gasteiger partial charge is 0.324 e. The zero-order valence-corrected chi connectivity index (χ0v) is 12.1. The lowest BCUT2D eigenvalue weighted by Gasteiger charge is -2.23. The lowest BCUT2D eigenvalue weighted by molar-refractivity contribution is -0.155. The molecule has 0 atom stereocenters. The van der Waals surface area contributed by atoms with E-state index in [0.717, 1.165) is 0 Å². The van der Waals surface area contributed by atoms with Gasteiger partial charge in [0.2, 0.25) is 8.38 Å². The minimum Gasteiger partial charge on any atom is -0.324 e. The quantitative estimate of drug-likeness (QED) is 0.472. The van der Waals surface area contributed by atoms with E-state index in [0.29, 0.717) is 0 Å². The second-order valence-corrected chi connectivity index (χ2v) is 5.81. The van der Waals surface area contributed by atoms with Gasteiger partial charge in [-0.1, -0.05) is 18.2 Å². The van der Waals surface area contributed by atoms with Crippen LogP contribution in [0.15, 0.2) is 30.3 Å². The summed E-state index contributed by atoms with van der Waals surface area (Å²) in [5.74, 6) is -9.05. The molecule has 0 aromatic heterocycles. The van der Waals surface area contributed by atoms with Gasteiger partial charge >= 0.3 is 24.7 Å². The molecule has 0 aliphatic heterocycles. The van der Waals surface area contributed by atoms with Crippen molar-refractivity contribution in [2.75, 3.05) is 13.2 Å². The predicted octanol–water partition coefficient (Wildman–Crippen LogP) is 4.46. The number of alkyl halides is 8. The number of hydrogen-bond acceptors (Lipinski definition) is 2. The lowest BCUT2D eigenvalue weighted by Crippen LogP contribution is -2.34. The fraction of sp³-hybridized carbons (Fsp3) is 0.500. The van der Waals surface area contributed by atoms with E-state index in [1.165, 1.54) is 30.3 Å². The molecule has 1 rings (SSSR count). The van der Waals surface area contributed by atoms with Gasteiger partial charge in [-0.05, 0) is 12.1 Å². The molecule has 11 heteroatoms. The summed E-state index contributed by atoms with van der Waals surface area (Å²) in [7, 11) is -2.66. The van der Waals surface area contributed by atoms with Gasteiger partial charge in [0.05, 0.1) is 0 Å². The summed E-state index contributed by atoms with van der Waals surface area (Å²) in [5, 5.41) is -0.00219. The monoisotopic (exact) mass is 370 g/mol. The van der Waals surface area contributed by atoms with Crippen LogP contribution in [-0.2, 0) is 9.05 Å². The third kappa shape index (κ3) is 6.19. The number of hydrogen-bond donors (Lipinski definition) is 0. The first-order valence-corrected chi connectivity index (χ1v) is 7.17. The highest BCUT2D eigenvalue weighted by atomic mass is 31.2. The molecule has 0 saturated carbocycles. The molecule has 0 radical (unpaired) electrons. The number of halogens is 8. The van der Waals surface area contributed by atoms with Gasteiger partial charge in [-0.3, -0.25) is 0 Å². The van der Waals surface area contributed by atoms with E-state index in [9.17, 15) is 35.1 Å². The average molecular weight is 370 g/mol. The molecule has 1 aromatic rings. The van der Waals surface area contributed by atoms with Gasteiger partial charge in [0.1, 0.15) is 13.2 Å². The van der Waals surface area contributed by atoms with Crippen molar-refractivity contribution in [2.24, 2.45) is 0 Å². The van der Waals surface area contributed by atoms with E-state index in [1.807, 2.05) is 0 Å². The molecule has 0 N–H and O–H groups in total. The summed E-state index contributed by atoms with van der Waals surface area (Å²) in [6.45, 7) is -3.60. The summed E-state index contributed by atoms with van der Waals surface area (Å²) in [4.78, 5) is 0. The Morgan fingerprint density at radius 2 is 1.17 bits per heavy atom. The third-order valence-electron chi connectivity index (χ3n) is 2.35. The van der Waals surface area contributed by atoms with Crippen molar-refractivity contribution in [2.45, 2.75) is 24.7 Å². The lowest BCUT2D eigenvalue weighted by atomic mass is 10.4. The van der Waals surface area contributed by atoms with Crippen molar-refractivity contribution in [3.63, 3.8) is 0 Å². The van der Waals surface area contributed by atoms with E-state index in [2.05, 4.69) is 9.05 Å². The molecule has 2 nitrogen and oxygen atoms in total. The molecule has 0 fully saturated rings. The van der Waals surface area contributed by atoms with Crippen LogP contribution >= 0.6 is 8.38 Å². The van der Waals surface area contributed by atoms with Gasteiger partial charge in [0.25, 0.3) is 0 Å². The van der Waals surface area contributed by atoms with Crippen LogP contribution in [0, 0.1) is 0 Å². The summed E-state index contributed by atoms with van der Waals surface area (Å²) in [6.07, 6.45) is -8.06. The van der Waals surface area contributed by atoms with Crippen LogP contribution in [0.3, 0.4) is 0 Å². The van der Waals surface area contributed by atoms with Crippen LogP contribution < -0.4 is 5.30 Å². The van der Waals surface area contributed by atoms with Gasteiger partial charge in [0, 0.05) is 5.30 Å². The minimum atomic E-state index is -4.52. The van der Waals surface area contributed by atoms with Crippen LogP contribution in [0.4, 0.5) is 35.1 Å². The van der Waals surface area contributed by atoms with Crippen LogP contribution in [-0.4, -0.2) is 37.9 Å². The van der Waals surface area contributed by atoms with Crippen LogP contribution in [0.1, 0.15) is 0 Å². The van der Waals surface area contributed by atoms with E-state index in [1.54, 1.807) is 0 Å². The maximum Gasteiger partial charge on any atom is 0.330 e. The van der Waals surface area contributed by atoms with Crippen molar-refractivity contribution in [1.82, 2.24) is 0 Å². The van der Waals surface area contributed by atoms with E-state index < -0.39 is 46.3 Å². The minimum absolute atomic E-state index is 0.00219. The maximum absolute atomic E-state index is 12.8. The molecule has 0 aliphatic rings. The summed E-state index contributed by atoms with van der Waals surface area (Å²) in [6, 6.07) is 6.75. The Balaban J connectivity index is 2.79. The van der Waals surface area contributed by atoms with Gasteiger partial charge in [0.15, 0.2) is 0 Å². The molecule has 0 unspecified atom stereocenters. The Kier molecular flexibility index (Phi) is 7.16. The first-order chi connectivity index (χ1) is 10.6. The molecule has 0 heterocycles. The zero-order chi connectivity index (χ0) is 17.7. The normalized spacial score (nSPS) is 13.3. The molecule has 0 saturated heterocycles. The van der Waals surface area contributed by atoms with Gasteiger partial charge in [-0.25, -0.2) is 17.6 Å². The van der Waals surface area contributed by atoms with Crippen molar-refractivity contribution >= 4 is 13.7 Å². The van der Waals surface area contributed by atoms with Crippen LogP contribution in [0.5, 0.6) is 0 Å². The van der Waals surface area contributed by atoms with Crippen LogP contribution in [0.2, 0.25) is 0 Å². The second-order valence-electron chi connectivity index (χ2n) is 4.26. The van der Waals surface area contributed by atoms with E-state index in [-0.39, 0.29) is 5.30 Å². The third-order valence-corrected chi connectivity index (χ3v) is 3.80. The van der Waals surface area contributed by atoms with Crippen molar-refractivity contribution in [1.29, 1.82) is 0 Å². The highest BCUT2D eigenvalue weighted by Crippen LogP contribution is 2.41. The fourth-order valence-corrected chi connectivity index (χ4v) is 2.52. The Morgan fingerprint density at radius 1 is 0.783 bits per heavy atom. The highest BCUT2D eigenvalue weighted by molar-refractivity contribution is 7.56. The molecule has 0 aliphatic carbocycles. The molecule has 23 heavy (non-hydrogen) atoms. The van der Waals surface area contributed by atoms with Crippen molar-refractivity contribution in [3.8, 4) is 0 Å². The second kappa shape index (κ2) is 8.21. The molecule has 132 valence electrons. The van der Waals surface area contributed by atoms with Gasteiger partial charge in [-0.2, -0.15) is 17.6 Å². The number of benzene rings is 1. The predicted molar refractivity (Wildman–Crippen MR) is 66.8 cm³/mol. The van der Waals surface area contributed by atoms with Gasteiger partial charge < -0.3 is 9.05 Å². The highest BCUT2D eigenvalue weighted by Gasteiger charge is 2.44. The van der Waals surface area contributed by atoms with Crippen molar-refractivity contribution in [3.05, 3.63) is 30.3 Å². The molecule has 0 spiro atoms. The number of rotatable bonds is 9. The fourth-order valence-electron chi connectivity index (χ4n) is 1.15. The summed E-state index contributed by atoms with van der Waals surface area (Å²) < 4.78 is 109. The van der Waals surface area contributed by atoms with Gasteiger partial charge in [-0.15, -0.1) is 0 Å². The molecule has 0 bridgehead atoms. The van der Waals surface area contributed by atoms with Crippen molar-refractivity contribution < 1.29 is 44.2 Å². The Labute approximate surface area is 127 Å². The summed E-state index contributed by atoms with van der Waals surface area (Å²) in [5.41, 5.74) is 0. The van der Waals surface area contributed by atoms with E-state index in [4.69, 9.17) is 0 Å². The maximum atomic E-state index is 12.8. The standard InChI is InChI=1S/C12H11F8O2P/c13-9(14)11(17,18)6-21-23(8-4-2-1-3-5-8)22-7-12(19,20)10(15)16/h1-5,9-10H,6-7H2. The largest absolute Gasteiger partial charge is 0.330 e. The Hall–Kier alpha value is -0.990. The molecule has 1 aromatic carbocycles.